The molecule has 0 bridgehead atoms. The van der Waals surface area contributed by atoms with Crippen molar-refractivity contribution in [3.05, 3.63) is 28.2 Å². The third-order valence-corrected chi connectivity index (χ3v) is 3.28. The normalized spacial score (nSPS) is 11.9. The standard InChI is InChI=1S/C12H15BrF3NO/c1-3-17(4-2)8-9-5-6-10(7-11(9)13)18-12(14,15)16/h5-7H,3-4,8H2,1-2H3. The molecule has 0 unspecified atom stereocenters. The van der Waals surface area contributed by atoms with Gasteiger partial charge in [0.15, 0.2) is 0 Å². The van der Waals surface area contributed by atoms with Crippen LogP contribution in [0.4, 0.5) is 13.2 Å². The third-order valence-electron chi connectivity index (χ3n) is 2.55. The van der Waals surface area contributed by atoms with Crippen molar-refractivity contribution in [1.29, 1.82) is 0 Å². The Labute approximate surface area is 113 Å². The Bertz CT molecular complexity index is 391. The number of hydrogen-bond donors (Lipinski definition) is 0. The summed E-state index contributed by atoms with van der Waals surface area (Å²) in [5.74, 6) is -0.210. The van der Waals surface area contributed by atoms with Crippen molar-refractivity contribution in [2.75, 3.05) is 13.1 Å². The molecule has 0 aromatic heterocycles. The summed E-state index contributed by atoms with van der Waals surface area (Å²) in [4.78, 5) is 2.17. The van der Waals surface area contributed by atoms with Crippen molar-refractivity contribution in [3.8, 4) is 5.75 Å². The predicted octanol–water partition coefficient (Wildman–Crippen LogP) is 4.19. The second-order valence-corrected chi connectivity index (χ2v) is 4.62. The van der Waals surface area contributed by atoms with Gasteiger partial charge in [0.1, 0.15) is 5.75 Å². The summed E-state index contributed by atoms with van der Waals surface area (Å²) in [7, 11) is 0. The van der Waals surface area contributed by atoms with Crippen molar-refractivity contribution >= 4 is 15.9 Å². The smallest absolute Gasteiger partial charge is 0.406 e. The molecule has 0 amide bonds. The van der Waals surface area contributed by atoms with Gasteiger partial charge in [-0.05, 0) is 30.8 Å². The molecule has 0 N–H and O–H groups in total. The van der Waals surface area contributed by atoms with Crippen LogP contribution in [0.2, 0.25) is 0 Å². The van der Waals surface area contributed by atoms with Crippen molar-refractivity contribution in [1.82, 2.24) is 4.90 Å². The molecule has 6 heteroatoms. The molecule has 102 valence electrons. The molecule has 0 spiro atoms. The molecule has 18 heavy (non-hydrogen) atoms. The Morgan fingerprint density at radius 3 is 2.28 bits per heavy atom. The summed E-state index contributed by atoms with van der Waals surface area (Å²) in [5.41, 5.74) is 0.938. The SMILES string of the molecule is CCN(CC)Cc1ccc(OC(F)(F)F)cc1Br. The lowest BCUT2D eigenvalue weighted by Crippen LogP contribution is -2.22. The molecule has 0 aliphatic heterocycles. The molecule has 0 heterocycles. The van der Waals surface area contributed by atoms with Gasteiger partial charge >= 0.3 is 6.36 Å². The number of hydrogen-bond acceptors (Lipinski definition) is 2. The van der Waals surface area contributed by atoms with Gasteiger partial charge in [-0.2, -0.15) is 0 Å². The van der Waals surface area contributed by atoms with E-state index in [1.807, 2.05) is 13.8 Å². The van der Waals surface area contributed by atoms with E-state index in [4.69, 9.17) is 0 Å². The molecule has 0 aliphatic rings. The van der Waals surface area contributed by atoms with Crippen LogP contribution in [-0.4, -0.2) is 24.4 Å². The summed E-state index contributed by atoms with van der Waals surface area (Å²) in [5, 5.41) is 0. The van der Waals surface area contributed by atoms with Crippen molar-refractivity contribution < 1.29 is 17.9 Å². The van der Waals surface area contributed by atoms with Gasteiger partial charge in [0, 0.05) is 11.0 Å². The zero-order chi connectivity index (χ0) is 13.8. The zero-order valence-corrected chi connectivity index (χ0v) is 11.8. The van der Waals surface area contributed by atoms with Crippen LogP contribution in [0, 0.1) is 0 Å². The van der Waals surface area contributed by atoms with Crippen LogP contribution in [0.15, 0.2) is 22.7 Å². The highest BCUT2D eigenvalue weighted by molar-refractivity contribution is 9.10. The van der Waals surface area contributed by atoms with E-state index in [0.29, 0.717) is 11.0 Å². The van der Waals surface area contributed by atoms with Gasteiger partial charge in [-0.3, -0.25) is 4.90 Å². The van der Waals surface area contributed by atoms with E-state index in [1.54, 1.807) is 6.07 Å². The average Bonchev–Trinajstić information content (AvgIpc) is 2.26. The van der Waals surface area contributed by atoms with E-state index in [-0.39, 0.29) is 5.75 Å². The minimum Gasteiger partial charge on any atom is -0.406 e. The molecule has 1 aromatic rings. The first-order chi connectivity index (χ1) is 8.35. The van der Waals surface area contributed by atoms with E-state index >= 15 is 0 Å². The molecule has 0 fully saturated rings. The summed E-state index contributed by atoms with van der Waals surface area (Å²) < 4.78 is 40.6. The first-order valence-corrected chi connectivity index (χ1v) is 6.41. The highest BCUT2D eigenvalue weighted by Gasteiger charge is 2.31. The number of ether oxygens (including phenoxy) is 1. The van der Waals surface area contributed by atoms with Gasteiger partial charge in [0.25, 0.3) is 0 Å². The van der Waals surface area contributed by atoms with E-state index in [0.717, 1.165) is 18.7 Å². The van der Waals surface area contributed by atoms with E-state index < -0.39 is 6.36 Å². The van der Waals surface area contributed by atoms with Crippen LogP contribution in [-0.2, 0) is 6.54 Å². The molecule has 0 saturated carbocycles. The fourth-order valence-corrected chi connectivity index (χ4v) is 2.02. The molecule has 1 aromatic carbocycles. The number of rotatable bonds is 5. The topological polar surface area (TPSA) is 12.5 Å². The van der Waals surface area contributed by atoms with Crippen LogP contribution in [0.1, 0.15) is 19.4 Å². The number of halogens is 4. The summed E-state index contributed by atoms with van der Waals surface area (Å²) in [6, 6.07) is 4.31. The molecule has 0 atom stereocenters. The minimum atomic E-state index is -4.65. The highest BCUT2D eigenvalue weighted by atomic mass is 79.9. The molecular weight excluding hydrogens is 311 g/mol. The van der Waals surface area contributed by atoms with Gasteiger partial charge in [-0.25, -0.2) is 0 Å². The van der Waals surface area contributed by atoms with Crippen molar-refractivity contribution in [2.45, 2.75) is 26.8 Å². The molecule has 0 saturated heterocycles. The Morgan fingerprint density at radius 1 is 1.22 bits per heavy atom. The van der Waals surface area contributed by atoms with E-state index in [2.05, 4.69) is 25.6 Å². The van der Waals surface area contributed by atoms with Crippen LogP contribution in [0.5, 0.6) is 5.75 Å². The third kappa shape index (κ3) is 4.86. The number of benzene rings is 1. The lowest BCUT2D eigenvalue weighted by molar-refractivity contribution is -0.274. The maximum atomic E-state index is 12.0. The van der Waals surface area contributed by atoms with Gasteiger partial charge in [0.05, 0.1) is 0 Å². The molecular formula is C12H15BrF3NO. The fourth-order valence-electron chi connectivity index (χ4n) is 1.54. The Kier molecular flexibility index (Phi) is 5.47. The molecule has 2 nitrogen and oxygen atoms in total. The largest absolute Gasteiger partial charge is 0.573 e. The van der Waals surface area contributed by atoms with Gasteiger partial charge < -0.3 is 4.74 Å². The predicted molar refractivity (Wildman–Crippen MR) is 67.5 cm³/mol. The van der Waals surface area contributed by atoms with Gasteiger partial charge in [-0.1, -0.05) is 35.8 Å². The lowest BCUT2D eigenvalue weighted by atomic mass is 10.2. The Balaban J connectivity index is 2.79. The maximum absolute atomic E-state index is 12.0. The fraction of sp³-hybridized carbons (Fsp3) is 0.500. The first-order valence-electron chi connectivity index (χ1n) is 5.62. The van der Waals surface area contributed by atoms with Crippen LogP contribution >= 0.6 is 15.9 Å². The molecule has 0 aliphatic carbocycles. The lowest BCUT2D eigenvalue weighted by Gasteiger charge is -2.19. The number of alkyl halides is 3. The average molecular weight is 326 g/mol. The number of nitrogens with zero attached hydrogens (tertiary/aromatic N) is 1. The van der Waals surface area contributed by atoms with Gasteiger partial charge in [-0.15, -0.1) is 13.2 Å². The zero-order valence-electron chi connectivity index (χ0n) is 10.2. The Hall–Kier alpha value is -0.750. The van der Waals surface area contributed by atoms with Gasteiger partial charge in [0.2, 0.25) is 0 Å². The first kappa shape index (κ1) is 15.3. The monoisotopic (exact) mass is 325 g/mol. The van der Waals surface area contributed by atoms with Crippen LogP contribution in [0.25, 0.3) is 0 Å². The van der Waals surface area contributed by atoms with E-state index in [9.17, 15) is 13.2 Å². The molecule has 0 radical (unpaired) electrons. The second kappa shape index (κ2) is 6.43. The summed E-state index contributed by atoms with van der Waals surface area (Å²) >= 11 is 3.27. The molecule has 1 rings (SSSR count). The maximum Gasteiger partial charge on any atom is 0.573 e. The van der Waals surface area contributed by atoms with Crippen molar-refractivity contribution in [3.63, 3.8) is 0 Å². The van der Waals surface area contributed by atoms with E-state index in [1.165, 1.54) is 12.1 Å². The minimum absolute atomic E-state index is 0.210. The Morgan fingerprint density at radius 2 is 1.83 bits per heavy atom. The van der Waals surface area contributed by atoms with Crippen LogP contribution in [0.3, 0.4) is 0 Å². The van der Waals surface area contributed by atoms with Crippen molar-refractivity contribution in [2.24, 2.45) is 0 Å². The quantitative estimate of drug-likeness (QED) is 0.804. The summed E-state index contributed by atoms with van der Waals surface area (Å²) in [6.45, 7) is 6.56. The van der Waals surface area contributed by atoms with Crippen LogP contribution < -0.4 is 4.74 Å². The highest BCUT2D eigenvalue weighted by Crippen LogP contribution is 2.28. The summed E-state index contributed by atoms with van der Waals surface area (Å²) in [6.07, 6.45) is -4.65. The second-order valence-electron chi connectivity index (χ2n) is 3.76.